The molecule has 2 nitrogen and oxygen atoms in total. The van der Waals surface area contributed by atoms with Crippen molar-refractivity contribution >= 4 is 40.5 Å². The standard InChI is InChI=1S/C12H8Cl3NO/c13-7-3-8(14)5-10(4-7)17-12-2-1-9(16)6-11(12)15/h1-6H,16H2. The Morgan fingerprint density at radius 3 is 2.12 bits per heavy atom. The summed E-state index contributed by atoms with van der Waals surface area (Å²) in [5.74, 6) is 1.02. The summed E-state index contributed by atoms with van der Waals surface area (Å²) in [6.07, 6.45) is 0. The van der Waals surface area contributed by atoms with Gasteiger partial charge in [-0.2, -0.15) is 0 Å². The zero-order valence-electron chi connectivity index (χ0n) is 8.58. The second-order valence-electron chi connectivity index (χ2n) is 3.40. The second-order valence-corrected chi connectivity index (χ2v) is 4.68. The number of hydrogen-bond donors (Lipinski definition) is 1. The van der Waals surface area contributed by atoms with E-state index in [0.29, 0.717) is 32.3 Å². The van der Waals surface area contributed by atoms with Crippen molar-refractivity contribution in [3.05, 3.63) is 51.5 Å². The Balaban J connectivity index is 2.31. The lowest BCUT2D eigenvalue weighted by atomic mass is 10.3. The summed E-state index contributed by atoms with van der Waals surface area (Å²) >= 11 is 17.7. The van der Waals surface area contributed by atoms with Gasteiger partial charge in [0, 0.05) is 15.7 Å². The fourth-order valence-corrected chi connectivity index (χ4v) is 2.05. The lowest BCUT2D eigenvalue weighted by molar-refractivity contribution is 0.483. The minimum atomic E-state index is 0.432. The molecule has 0 aliphatic carbocycles. The summed E-state index contributed by atoms with van der Waals surface area (Å²) in [5.41, 5.74) is 6.16. The quantitative estimate of drug-likeness (QED) is 0.787. The van der Waals surface area contributed by atoms with Gasteiger partial charge in [-0.3, -0.25) is 0 Å². The van der Waals surface area contributed by atoms with Crippen LogP contribution in [0.5, 0.6) is 11.5 Å². The molecule has 0 spiro atoms. The normalized spacial score (nSPS) is 10.3. The van der Waals surface area contributed by atoms with Crippen LogP contribution in [0.25, 0.3) is 0 Å². The fraction of sp³-hybridized carbons (Fsp3) is 0. The van der Waals surface area contributed by atoms with Gasteiger partial charge in [-0.15, -0.1) is 0 Å². The van der Waals surface area contributed by atoms with Gasteiger partial charge in [0.25, 0.3) is 0 Å². The highest BCUT2D eigenvalue weighted by Crippen LogP contribution is 2.33. The Morgan fingerprint density at radius 2 is 1.53 bits per heavy atom. The van der Waals surface area contributed by atoms with Crippen molar-refractivity contribution < 1.29 is 4.74 Å². The van der Waals surface area contributed by atoms with Gasteiger partial charge >= 0.3 is 0 Å². The maximum absolute atomic E-state index is 5.99. The minimum Gasteiger partial charge on any atom is -0.456 e. The molecule has 5 heteroatoms. The number of rotatable bonds is 2. The van der Waals surface area contributed by atoms with Gasteiger partial charge < -0.3 is 10.5 Å². The predicted molar refractivity (Wildman–Crippen MR) is 72.4 cm³/mol. The number of halogens is 3. The molecule has 0 aliphatic rings. The number of nitrogens with two attached hydrogens (primary N) is 1. The SMILES string of the molecule is Nc1ccc(Oc2cc(Cl)cc(Cl)c2)c(Cl)c1. The van der Waals surface area contributed by atoms with Crippen LogP contribution in [0.3, 0.4) is 0 Å². The Hall–Kier alpha value is -1.09. The molecular formula is C12H8Cl3NO. The molecule has 2 aromatic carbocycles. The zero-order valence-corrected chi connectivity index (χ0v) is 10.9. The second kappa shape index (κ2) is 5.05. The first-order chi connectivity index (χ1) is 8.04. The summed E-state index contributed by atoms with van der Waals surface area (Å²) in [6, 6.07) is 9.93. The van der Waals surface area contributed by atoms with Crippen LogP contribution in [0, 0.1) is 0 Å². The summed E-state index contributed by atoms with van der Waals surface area (Å²) in [4.78, 5) is 0. The molecule has 0 radical (unpaired) electrons. The molecule has 0 atom stereocenters. The topological polar surface area (TPSA) is 35.2 Å². The number of hydrogen-bond acceptors (Lipinski definition) is 2. The van der Waals surface area contributed by atoms with E-state index in [2.05, 4.69) is 0 Å². The van der Waals surface area contributed by atoms with Crippen molar-refractivity contribution in [3.63, 3.8) is 0 Å². The first kappa shape index (κ1) is 12.4. The molecule has 0 aromatic heterocycles. The van der Waals surface area contributed by atoms with Crippen LogP contribution >= 0.6 is 34.8 Å². The van der Waals surface area contributed by atoms with Crippen molar-refractivity contribution in [3.8, 4) is 11.5 Å². The third-order valence-corrected chi connectivity index (χ3v) is 2.75. The van der Waals surface area contributed by atoms with Crippen LogP contribution < -0.4 is 10.5 Å². The molecule has 2 N–H and O–H groups in total. The smallest absolute Gasteiger partial charge is 0.146 e. The monoisotopic (exact) mass is 287 g/mol. The Kier molecular flexibility index (Phi) is 3.67. The van der Waals surface area contributed by atoms with Gasteiger partial charge in [0.15, 0.2) is 0 Å². The highest BCUT2D eigenvalue weighted by molar-refractivity contribution is 6.35. The summed E-state index contributed by atoms with van der Waals surface area (Å²) in [5, 5.41) is 1.43. The molecule has 88 valence electrons. The van der Waals surface area contributed by atoms with Gasteiger partial charge in [-0.1, -0.05) is 34.8 Å². The van der Waals surface area contributed by atoms with Crippen LogP contribution in [0.4, 0.5) is 5.69 Å². The highest BCUT2D eigenvalue weighted by atomic mass is 35.5. The van der Waals surface area contributed by atoms with Crippen LogP contribution in [0.2, 0.25) is 15.1 Å². The van der Waals surface area contributed by atoms with Crippen LogP contribution in [-0.2, 0) is 0 Å². The lowest BCUT2D eigenvalue weighted by Crippen LogP contribution is -1.88. The molecule has 0 saturated carbocycles. The van der Waals surface area contributed by atoms with Crippen molar-refractivity contribution in [1.29, 1.82) is 0 Å². The Morgan fingerprint density at radius 1 is 0.882 bits per heavy atom. The number of benzene rings is 2. The average Bonchev–Trinajstić information content (AvgIpc) is 2.21. The molecule has 0 bridgehead atoms. The van der Waals surface area contributed by atoms with Crippen molar-refractivity contribution in [2.75, 3.05) is 5.73 Å². The van der Waals surface area contributed by atoms with Gasteiger partial charge in [-0.05, 0) is 36.4 Å². The molecular weight excluding hydrogens is 280 g/mol. The van der Waals surface area contributed by atoms with Crippen molar-refractivity contribution in [1.82, 2.24) is 0 Å². The maximum Gasteiger partial charge on any atom is 0.146 e. The summed E-state index contributed by atoms with van der Waals surface area (Å²) < 4.78 is 5.57. The molecule has 0 unspecified atom stereocenters. The van der Waals surface area contributed by atoms with E-state index in [1.807, 2.05) is 0 Å². The van der Waals surface area contributed by atoms with E-state index in [9.17, 15) is 0 Å². The molecule has 0 amide bonds. The molecule has 0 saturated heterocycles. The number of nitrogen functional groups attached to an aromatic ring is 1. The predicted octanol–water partition coefficient (Wildman–Crippen LogP) is 5.02. The molecule has 0 heterocycles. The van der Waals surface area contributed by atoms with Gasteiger partial charge in [-0.25, -0.2) is 0 Å². The Bertz CT molecular complexity index is 537. The van der Waals surface area contributed by atoms with E-state index in [1.54, 1.807) is 36.4 Å². The fourth-order valence-electron chi connectivity index (χ4n) is 1.31. The maximum atomic E-state index is 5.99. The highest BCUT2D eigenvalue weighted by Gasteiger charge is 2.05. The van der Waals surface area contributed by atoms with Gasteiger partial charge in [0.2, 0.25) is 0 Å². The van der Waals surface area contributed by atoms with Crippen LogP contribution in [0.15, 0.2) is 36.4 Å². The van der Waals surface area contributed by atoms with Crippen molar-refractivity contribution in [2.45, 2.75) is 0 Å². The summed E-state index contributed by atoms with van der Waals surface area (Å²) in [7, 11) is 0. The van der Waals surface area contributed by atoms with Gasteiger partial charge in [0.05, 0.1) is 5.02 Å². The largest absolute Gasteiger partial charge is 0.456 e. The van der Waals surface area contributed by atoms with Crippen molar-refractivity contribution in [2.24, 2.45) is 0 Å². The number of ether oxygens (including phenoxy) is 1. The third kappa shape index (κ3) is 3.19. The third-order valence-electron chi connectivity index (χ3n) is 2.02. The van der Waals surface area contributed by atoms with E-state index < -0.39 is 0 Å². The molecule has 17 heavy (non-hydrogen) atoms. The number of anilines is 1. The van der Waals surface area contributed by atoms with E-state index in [-0.39, 0.29) is 0 Å². The van der Waals surface area contributed by atoms with E-state index in [0.717, 1.165) is 0 Å². The van der Waals surface area contributed by atoms with Gasteiger partial charge in [0.1, 0.15) is 11.5 Å². The molecule has 2 rings (SSSR count). The minimum absolute atomic E-state index is 0.432. The first-order valence-electron chi connectivity index (χ1n) is 4.73. The summed E-state index contributed by atoms with van der Waals surface area (Å²) in [6.45, 7) is 0. The lowest BCUT2D eigenvalue weighted by Gasteiger charge is -2.08. The average molecular weight is 289 g/mol. The Labute approximate surface area is 114 Å². The first-order valence-corrected chi connectivity index (χ1v) is 5.87. The van der Waals surface area contributed by atoms with Crippen LogP contribution in [0.1, 0.15) is 0 Å². The van der Waals surface area contributed by atoms with E-state index >= 15 is 0 Å². The zero-order chi connectivity index (χ0) is 12.4. The van der Waals surface area contributed by atoms with E-state index in [1.165, 1.54) is 0 Å². The van der Waals surface area contributed by atoms with E-state index in [4.69, 9.17) is 45.3 Å². The molecule has 0 aliphatic heterocycles. The van der Waals surface area contributed by atoms with Crippen LogP contribution in [-0.4, -0.2) is 0 Å². The molecule has 2 aromatic rings. The molecule has 0 fully saturated rings.